The zero-order valence-corrected chi connectivity index (χ0v) is 11.0. The van der Waals surface area contributed by atoms with E-state index in [1.807, 2.05) is 0 Å². The van der Waals surface area contributed by atoms with Crippen LogP contribution in [0.2, 0.25) is 0 Å². The van der Waals surface area contributed by atoms with Crippen molar-refractivity contribution in [1.29, 1.82) is 0 Å². The van der Waals surface area contributed by atoms with E-state index in [0.29, 0.717) is 11.5 Å². The van der Waals surface area contributed by atoms with Gasteiger partial charge in [-0.15, -0.1) is 12.4 Å². The normalized spacial score (nSPS) is 15.2. The van der Waals surface area contributed by atoms with Gasteiger partial charge in [-0.3, -0.25) is 4.55 Å². The van der Waals surface area contributed by atoms with E-state index in [1.54, 1.807) is 13.0 Å². The highest BCUT2D eigenvalue weighted by Crippen LogP contribution is 2.28. The van der Waals surface area contributed by atoms with Gasteiger partial charge in [-0.2, -0.15) is 8.42 Å². The summed E-state index contributed by atoms with van der Waals surface area (Å²) in [6.07, 6.45) is 2.49. The van der Waals surface area contributed by atoms with Gasteiger partial charge in [-0.25, -0.2) is 4.98 Å². The van der Waals surface area contributed by atoms with Gasteiger partial charge < -0.3 is 5.32 Å². The van der Waals surface area contributed by atoms with Crippen LogP contribution in [0.15, 0.2) is 17.0 Å². The molecule has 0 aliphatic heterocycles. The minimum Gasteiger partial charge on any atom is -0.370 e. The lowest BCUT2D eigenvalue weighted by molar-refractivity contribution is 0.482. The van der Waals surface area contributed by atoms with Gasteiger partial charge in [0.15, 0.2) is 0 Å². The van der Waals surface area contributed by atoms with Crippen molar-refractivity contribution in [3.63, 3.8) is 0 Å². The summed E-state index contributed by atoms with van der Waals surface area (Å²) in [5, 5.41) is 3.14. The molecule has 1 aliphatic carbocycles. The summed E-state index contributed by atoms with van der Waals surface area (Å²) in [4.78, 5) is 3.95. The molecule has 0 unspecified atom stereocenters. The van der Waals surface area contributed by atoms with Crippen LogP contribution in [0.4, 0.5) is 5.82 Å². The maximum absolute atomic E-state index is 10.9. The molecular weight excluding hydrogens is 264 g/mol. The van der Waals surface area contributed by atoms with E-state index < -0.39 is 10.1 Å². The van der Waals surface area contributed by atoms with Crippen molar-refractivity contribution in [2.24, 2.45) is 5.92 Å². The molecule has 1 heterocycles. The molecule has 7 heteroatoms. The second-order valence-corrected chi connectivity index (χ2v) is 5.47. The number of nitrogens with zero attached hydrogens (tertiary/aromatic N) is 1. The maximum atomic E-state index is 10.9. The molecule has 0 radical (unpaired) electrons. The van der Waals surface area contributed by atoms with Gasteiger partial charge in [-0.05, 0) is 37.8 Å². The lowest BCUT2D eigenvalue weighted by Crippen LogP contribution is -2.08. The Kier molecular flexibility index (Phi) is 4.35. The number of hydrogen-bond donors (Lipinski definition) is 2. The number of rotatable bonds is 4. The highest BCUT2D eigenvalue weighted by atomic mass is 35.5. The molecule has 0 bridgehead atoms. The second-order valence-electron chi connectivity index (χ2n) is 4.08. The van der Waals surface area contributed by atoms with Crippen LogP contribution < -0.4 is 5.32 Å². The third-order valence-electron chi connectivity index (χ3n) is 2.58. The van der Waals surface area contributed by atoms with Crippen LogP contribution in [0.5, 0.6) is 0 Å². The average molecular weight is 279 g/mol. The Bertz CT molecular complexity index is 500. The summed E-state index contributed by atoms with van der Waals surface area (Å²) < 4.78 is 30.8. The monoisotopic (exact) mass is 278 g/mol. The average Bonchev–Trinajstić information content (AvgIpc) is 2.96. The topological polar surface area (TPSA) is 79.3 Å². The first-order chi connectivity index (χ1) is 7.47. The van der Waals surface area contributed by atoms with Gasteiger partial charge in [0.05, 0.1) is 5.69 Å². The Morgan fingerprint density at radius 2 is 2.12 bits per heavy atom. The number of aryl methyl sites for hydroxylation is 1. The third-order valence-corrected chi connectivity index (χ3v) is 3.57. The lowest BCUT2D eigenvalue weighted by atomic mass is 10.3. The molecule has 0 aromatic carbocycles. The van der Waals surface area contributed by atoms with Gasteiger partial charge in [0, 0.05) is 6.54 Å². The molecule has 2 rings (SSSR count). The van der Waals surface area contributed by atoms with E-state index in [-0.39, 0.29) is 17.3 Å². The Hall–Kier alpha value is -0.850. The molecule has 0 saturated heterocycles. The fourth-order valence-electron chi connectivity index (χ4n) is 1.49. The van der Waals surface area contributed by atoms with Crippen molar-refractivity contribution in [3.05, 3.63) is 17.8 Å². The van der Waals surface area contributed by atoms with E-state index in [0.717, 1.165) is 12.5 Å². The fourth-order valence-corrected chi connectivity index (χ4v) is 2.15. The molecule has 0 spiro atoms. The highest BCUT2D eigenvalue weighted by Gasteiger charge is 2.21. The van der Waals surface area contributed by atoms with E-state index in [4.69, 9.17) is 4.55 Å². The van der Waals surface area contributed by atoms with Gasteiger partial charge in [0.2, 0.25) is 0 Å². The number of anilines is 1. The Labute approximate surface area is 107 Å². The summed E-state index contributed by atoms with van der Waals surface area (Å²) in [6.45, 7) is 2.43. The van der Waals surface area contributed by atoms with Crippen LogP contribution in [-0.2, 0) is 10.1 Å². The first kappa shape index (κ1) is 14.2. The molecule has 96 valence electrons. The fraction of sp³-hybridized carbons (Fsp3) is 0.500. The molecule has 1 aromatic heterocycles. The zero-order valence-electron chi connectivity index (χ0n) is 9.38. The predicted octanol–water partition coefficient (Wildman–Crippen LogP) is 1.88. The predicted molar refractivity (Wildman–Crippen MR) is 67.3 cm³/mol. The number of pyridine rings is 1. The number of halogens is 1. The Morgan fingerprint density at radius 1 is 1.47 bits per heavy atom. The van der Waals surface area contributed by atoms with Gasteiger partial charge in [-0.1, -0.05) is 0 Å². The molecular formula is C10H15ClN2O3S. The summed E-state index contributed by atoms with van der Waals surface area (Å²) >= 11 is 0. The molecule has 1 saturated carbocycles. The second kappa shape index (κ2) is 5.20. The van der Waals surface area contributed by atoms with Crippen LogP contribution in [0, 0.1) is 12.8 Å². The Morgan fingerprint density at radius 3 is 2.59 bits per heavy atom. The van der Waals surface area contributed by atoms with E-state index in [2.05, 4.69) is 10.3 Å². The first-order valence-corrected chi connectivity index (χ1v) is 6.60. The smallest absolute Gasteiger partial charge is 0.296 e. The molecule has 1 fully saturated rings. The summed E-state index contributed by atoms with van der Waals surface area (Å²) in [6, 6.07) is 2.94. The van der Waals surface area contributed by atoms with Crippen molar-refractivity contribution < 1.29 is 13.0 Å². The number of hydrogen-bond acceptors (Lipinski definition) is 4. The number of nitrogens with one attached hydrogen (secondary N) is 1. The zero-order chi connectivity index (χ0) is 11.8. The van der Waals surface area contributed by atoms with Crippen LogP contribution in [0.1, 0.15) is 18.5 Å². The lowest BCUT2D eigenvalue weighted by Gasteiger charge is -2.07. The van der Waals surface area contributed by atoms with E-state index in [9.17, 15) is 8.42 Å². The van der Waals surface area contributed by atoms with Crippen molar-refractivity contribution in [1.82, 2.24) is 4.98 Å². The van der Waals surface area contributed by atoms with Crippen molar-refractivity contribution in [3.8, 4) is 0 Å². The standard InChI is InChI=1S/C10H14N2O3S.ClH/c1-7-9(16(13,14)15)4-5-10(12-7)11-6-8-2-3-8;/h4-5,8H,2-3,6H2,1H3,(H,11,12)(H,13,14,15);1H. The van der Waals surface area contributed by atoms with Gasteiger partial charge >= 0.3 is 0 Å². The molecule has 1 aromatic rings. The van der Waals surface area contributed by atoms with E-state index in [1.165, 1.54) is 18.9 Å². The first-order valence-electron chi connectivity index (χ1n) is 5.16. The summed E-state index contributed by atoms with van der Waals surface area (Å²) in [7, 11) is -4.16. The molecule has 1 aliphatic rings. The van der Waals surface area contributed by atoms with Gasteiger partial charge in [0.1, 0.15) is 10.7 Å². The minimum absolute atomic E-state index is 0. The van der Waals surface area contributed by atoms with Crippen LogP contribution in [-0.4, -0.2) is 24.5 Å². The van der Waals surface area contributed by atoms with Crippen LogP contribution in [0.25, 0.3) is 0 Å². The molecule has 5 nitrogen and oxygen atoms in total. The molecule has 0 atom stereocenters. The van der Waals surface area contributed by atoms with E-state index >= 15 is 0 Å². The largest absolute Gasteiger partial charge is 0.370 e. The SMILES string of the molecule is Cc1nc(NCC2CC2)ccc1S(=O)(=O)O.Cl. The molecule has 17 heavy (non-hydrogen) atoms. The maximum Gasteiger partial charge on any atom is 0.296 e. The quantitative estimate of drug-likeness (QED) is 0.822. The molecule has 2 N–H and O–H groups in total. The van der Waals surface area contributed by atoms with Gasteiger partial charge in [0.25, 0.3) is 10.1 Å². The number of aromatic nitrogens is 1. The molecule has 0 amide bonds. The third kappa shape index (κ3) is 3.83. The van der Waals surface area contributed by atoms with Crippen molar-refractivity contribution in [2.75, 3.05) is 11.9 Å². The van der Waals surface area contributed by atoms with Crippen molar-refractivity contribution in [2.45, 2.75) is 24.7 Å². The van der Waals surface area contributed by atoms with Crippen molar-refractivity contribution >= 4 is 28.3 Å². The van der Waals surface area contributed by atoms with Crippen LogP contribution in [0.3, 0.4) is 0 Å². The highest BCUT2D eigenvalue weighted by molar-refractivity contribution is 7.85. The summed E-state index contributed by atoms with van der Waals surface area (Å²) in [5.41, 5.74) is 0.309. The summed E-state index contributed by atoms with van der Waals surface area (Å²) in [5.74, 6) is 1.38. The minimum atomic E-state index is -4.16. The Balaban J connectivity index is 0.00000144. The van der Waals surface area contributed by atoms with Crippen LogP contribution >= 0.6 is 12.4 Å².